The molecule has 0 saturated carbocycles. The number of carbonyl (C=O) groups is 1. The van der Waals surface area contributed by atoms with E-state index >= 15 is 0 Å². The minimum atomic E-state index is -0.898. The van der Waals surface area contributed by atoms with Crippen LogP contribution in [0.3, 0.4) is 0 Å². The van der Waals surface area contributed by atoms with E-state index in [2.05, 4.69) is 4.90 Å². The first-order valence-electron chi connectivity index (χ1n) is 6.69. The van der Waals surface area contributed by atoms with Crippen LogP contribution in [-0.4, -0.2) is 37.9 Å². The average Bonchev–Trinajstić information content (AvgIpc) is 2.46. The van der Waals surface area contributed by atoms with E-state index in [9.17, 15) is 9.90 Å². The topological polar surface area (TPSA) is 49.8 Å². The Morgan fingerprint density at radius 3 is 2.55 bits per heavy atom. The summed E-state index contributed by atoms with van der Waals surface area (Å²) in [5, 5.41) is 11.0. The number of anilines is 1. The molecule has 0 aliphatic heterocycles. The van der Waals surface area contributed by atoms with Crippen molar-refractivity contribution in [2.45, 2.75) is 6.92 Å². The SMILES string of the molecule is CCOCCN(C)c1ccc(C(=O)O)c2ccccc12. The van der Waals surface area contributed by atoms with Crippen LogP contribution >= 0.6 is 0 Å². The molecule has 0 bridgehead atoms. The molecule has 0 atom stereocenters. The molecule has 0 radical (unpaired) electrons. The van der Waals surface area contributed by atoms with Gasteiger partial charge in [-0.3, -0.25) is 0 Å². The van der Waals surface area contributed by atoms with Gasteiger partial charge in [0, 0.05) is 31.3 Å². The van der Waals surface area contributed by atoms with Crippen LogP contribution in [0.15, 0.2) is 36.4 Å². The molecule has 0 aliphatic rings. The number of hydrogen-bond donors (Lipinski definition) is 1. The van der Waals surface area contributed by atoms with Gasteiger partial charge in [0.05, 0.1) is 12.2 Å². The number of likely N-dealkylation sites (N-methyl/N-ethyl adjacent to an activating group) is 1. The van der Waals surface area contributed by atoms with Crippen LogP contribution in [0.5, 0.6) is 0 Å². The van der Waals surface area contributed by atoms with E-state index in [1.54, 1.807) is 6.07 Å². The molecule has 0 fully saturated rings. The van der Waals surface area contributed by atoms with E-state index in [0.29, 0.717) is 18.8 Å². The highest BCUT2D eigenvalue weighted by Crippen LogP contribution is 2.28. The van der Waals surface area contributed by atoms with Crippen LogP contribution in [0.4, 0.5) is 5.69 Å². The van der Waals surface area contributed by atoms with E-state index in [1.807, 2.05) is 44.3 Å². The second-order valence-corrected chi connectivity index (χ2v) is 4.60. The van der Waals surface area contributed by atoms with Crippen molar-refractivity contribution in [1.29, 1.82) is 0 Å². The quantitative estimate of drug-likeness (QED) is 0.822. The van der Waals surface area contributed by atoms with Gasteiger partial charge >= 0.3 is 5.97 Å². The number of carboxylic acid groups (broad SMARTS) is 1. The molecule has 0 amide bonds. The molecule has 0 spiro atoms. The van der Waals surface area contributed by atoms with Crippen molar-refractivity contribution < 1.29 is 14.6 Å². The number of benzene rings is 2. The predicted molar refractivity (Wildman–Crippen MR) is 80.7 cm³/mol. The minimum Gasteiger partial charge on any atom is -0.478 e. The summed E-state index contributed by atoms with van der Waals surface area (Å²) < 4.78 is 5.36. The summed E-state index contributed by atoms with van der Waals surface area (Å²) >= 11 is 0. The molecule has 0 aliphatic carbocycles. The molecule has 2 rings (SSSR count). The first kappa shape index (κ1) is 14.3. The lowest BCUT2D eigenvalue weighted by Gasteiger charge is -2.21. The zero-order valence-corrected chi connectivity index (χ0v) is 11.8. The van der Waals surface area contributed by atoms with Crippen LogP contribution in [0.1, 0.15) is 17.3 Å². The molecule has 2 aromatic rings. The molecule has 0 aromatic heterocycles. The number of fused-ring (bicyclic) bond motifs is 1. The van der Waals surface area contributed by atoms with Crippen molar-refractivity contribution in [3.05, 3.63) is 42.0 Å². The van der Waals surface area contributed by atoms with Gasteiger partial charge in [-0.1, -0.05) is 24.3 Å². The fraction of sp³-hybridized carbons (Fsp3) is 0.312. The molecule has 1 N–H and O–H groups in total. The molecule has 2 aromatic carbocycles. The number of aromatic carboxylic acids is 1. The number of rotatable bonds is 6. The lowest BCUT2D eigenvalue weighted by Crippen LogP contribution is -2.23. The number of ether oxygens (including phenoxy) is 1. The fourth-order valence-electron chi connectivity index (χ4n) is 2.27. The summed E-state index contributed by atoms with van der Waals surface area (Å²) in [5.41, 5.74) is 1.35. The number of hydrogen-bond acceptors (Lipinski definition) is 3. The van der Waals surface area contributed by atoms with Crippen molar-refractivity contribution in [3.63, 3.8) is 0 Å². The van der Waals surface area contributed by atoms with Gasteiger partial charge in [0.15, 0.2) is 0 Å². The molecule has 0 saturated heterocycles. The van der Waals surface area contributed by atoms with Gasteiger partial charge in [0.25, 0.3) is 0 Å². The van der Waals surface area contributed by atoms with E-state index in [-0.39, 0.29) is 0 Å². The molecule has 0 unspecified atom stereocenters. The van der Waals surface area contributed by atoms with E-state index in [1.165, 1.54) is 0 Å². The standard InChI is InChI=1S/C16H19NO3/c1-3-20-11-10-17(2)15-9-8-14(16(18)19)12-6-4-5-7-13(12)15/h4-9H,3,10-11H2,1-2H3,(H,18,19). The monoisotopic (exact) mass is 273 g/mol. The van der Waals surface area contributed by atoms with Crippen molar-refractivity contribution in [2.24, 2.45) is 0 Å². The third-order valence-electron chi connectivity index (χ3n) is 3.32. The molecular weight excluding hydrogens is 254 g/mol. The lowest BCUT2D eigenvalue weighted by molar-refractivity contribution is 0.0699. The van der Waals surface area contributed by atoms with Gasteiger partial charge in [0.2, 0.25) is 0 Å². The van der Waals surface area contributed by atoms with Gasteiger partial charge in [-0.05, 0) is 24.4 Å². The summed E-state index contributed by atoms with van der Waals surface area (Å²) in [5.74, 6) is -0.898. The summed E-state index contributed by atoms with van der Waals surface area (Å²) in [6, 6.07) is 11.1. The maximum Gasteiger partial charge on any atom is 0.336 e. The van der Waals surface area contributed by atoms with E-state index < -0.39 is 5.97 Å². The smallest absolute Gasteiger partial charge is 0.336 e. The van der Waals surface area contributed by atoms with Gasteiger partial charge in [0.1, 0.15) is 0 Å². The van der Waals surface area contributed by atoms with E-state index in [0.717, 1.165) is 23.0 Å². The summed E-state index contributed by atoms with van der Waals surface area (Å²) in [7, 11) is 1.99. The van der Waals surface area contributed by atoms with Crippen molar-refractivity contribution in [3.8, 4) is 0 Å². The van der Waals surface area contributed by atoms with Crippen molar-refractivity contribution in [1.82, 2.24) is 0 Å². The first-order chi connectivity index (χ1) is 9.65. The zero-order valence-electron chi connectivity index (χ0n) is 11.8. The first-order valence-corrected chi connectivity index (χ1v) is 6.69. The summed E-state index contributed by atoms with van der Waals surface area (Å²) in [4.78, 5) is 13.4. The second-order valence-electron chi connectivity index (χ2n) is 4.60. The number of carboxylic acids is 1. The van der Waals surface area contributed by atoms with Gasteiger partial charge in [-0.15, -0.1) is 0 Å². The second kappa shape index (κ2) is 6.39. The Kier molecular flexibility index (Phi) is 4.58. The minimum absolute atomic E-state index is 0.336. The zero-order chi connectivity index (χ0) is 14.5. The van der Waals surface area contributed by atoms with Crippen LogP contribution in [0.25, 0.3) is 10.8 Å². The Bertz CT molecular complexity index is 610. The van der Waals surface area contributed by atoms with Gasteiger partial charge in [-0.25, -0.2) is 4.79 Å². The summed E-state index contributed by atoms with van der Waals surface area (Å²) in [6.07, 6.45) is 0. The predicted octanol–water partition coefficient (Wildman–Crippen LogP) is 3.01. The van der Waals surface area contributed by atoms with Crippen molar-refractivity contribution >= 4 is 22.4 Å². The summed E-state index contributed by atoms with van der Waals surface area (Å²) in [6.45, 7) is 4.09. The fourth-order valence-corrected chi connectivity index (χ4v) is 2.27. The normalized spacial score (nSPS) is 10.7. The maximum absolute atomic E-state index is 11.3. The largest absolute Gasteiger partial charge is 0.478 e. The number of nitrogens with zero attached hydrogens (tertiary/aromatic N) is 1. The van der Waals surface area contributed by atoms with Crippen LogP contribution in [-0.2, 0) is 4.74 Å². The molecular formula is C16H19NO3. The lowest BCUT2D eigenvalue weighted by atomic mass is 10.0. The Balaban J connectivity index is 2.40. The molecule has 4 heteroatoms. The molecule has 20 heavy (non-hydrogen) atoms. The third kappa shape index (κ3) is 2.91. The van der Waals surface area contributed by atoms with Crippen LogP contribution < -0.4 is 4.90 Å². The third-order valence-corrected chi connectivity index (χ3v) is 3.32. The Labute approximate surface area is 118 Å². The molecule has 0 heterocycles. The van der Waals surface area contributed by atoms with Crippen molar-refractivity contribution in [2.75, 3.05) is 31.7 Å². The van der Waals surface area contributed by atoms with Gasteiger partial charge < -0.3 is 14.7 Å². The Hall–Kier alpha value is -2.07. The Morgan fingerprint density at radius 2 is 1.90 bits per heavy atom. The highest BCUT2D eigenvalue weighted by Gasteiger charge is 2.12. The molecule has 106 valence electrons. The van der Waals surface area contributed by atoms with E-state index in [4.69, 9.17) is 4.74 Å². The molecule has 4 nitrogen and oxygen atoms in total. The van der Waals surface area contributed by atoms with Crippen LogP contribution in [0, 0.1) is 0 Å². The van der Waals surface area contributed by atoms with Crippen LogP contribution in [0.2, 0.25) is 0 Å². The Morgan fingerprint density at radius 1 is 1.20 bits per heavy atom. The van der Waals surface area contributed by atoms with Gasteiger partial charge in [-0.2, -0.15) is 0 Å². The highest BCUT2D eigenvalue weighted by molar-refractivity contribution is 6.07. The average molecular weight is 273 g/mol. The highest BCUT2D eigenvalue weighted by atomic mass is 16.5. The maximum atomic E-state index is 11.3.